The molecule has 2 N–H and O–H groups in total. The highest BCUT2D eigenvalue weighted by Crippen LogP contribution is 2.21. The van der Waals surface area contributed by atoms with Gasteiger partial charge in [0.2, 0.25) is 10.0 Å². The molecule has 2 aromatic rings. The van der Waals surface area contributed by atoms with E-state index in [1.165, 1.54) is 10.9 Å². The lowest BCUT2D eigenvalue weighted by atomic mass is 10.4. The molecule has 0 aliphatic rings. The van der Waals surface area contributed by atoms with Crippen LogP contribution in [0.4, 0.5) is 0 Å². The molecule has 2 heterocycles. The number of aryl methyl sites for hydroxylation is 1. The van der Waals surface area contributed by atoms with Crippen LogP contribution in [0.25, 0.3) is 0 Å². The molecule has 2 aromatic heterocycles. The first-order valence-electron chi connectivity index (χ1n) is 5.80. The van der Waals surface area contributed by atoms with Gasteiger partial charge in [-0.05, 0) is 35.6 Å². The SMILES string of the molecule is CCc1ccc(CNS(=O)(=O)c2cc(CO)cs2)s1. The summed E-state index contributed by atoms with van der Waals surface area (Å²) in [4.78, 5) is 2.24. The Hall–Kier alpha value is -0.730. The first-order chi connectivity index (χ1) is 9.05. The minimum absolute atomic E-state index is 0.142. The van der Waals surface area contributed by atoms with E-state index in [4.69, 9.17) is 5.11 Å². The molecule has 0 unspecified atom stereocenters. The molecule has 0 bridgehead atoms. The fourth-order valence-electron chi connectivity index (χ4n) is 1.52. The van der Waals surface area contributed by atoms with Crippen LogP contribution in [0.3, 0.4) is 0 Å². The maximum absolute atomic E-state index is 12.0. The van der Waals surface area contributed by atoms with E-state index in [9.17, 15) is 8.42 Å². The van der Waals surface area contributed by atoms with Gasteiger partial charge in [-0.25, -0.2) is 13.1 Å². The molecule has 0 aliphatic heterocycles. The van der Waals surface area contributed by atoms with Crippen molar-refractivity contribution in [1.82, 2.24) is 4.72 Å². The van der Waals surface area contributed by atoms with Crippen LogP contribution in [0.1, 0.15) is 22.2 Å². The summed E-state index contributed by atoms with van der Waals surface area (Å²) < 4.78 is 26.9. The Bertz CT molecular complexity index is 643. The largest absolute Gasteiger partial charge is 0.392 e. The highest BCUT2D eigenvalue weighted by molar-refractivity contribution is 7.91. The molecule has 7 heteroatoms. The zero-order chi connectivity index (χ0) is 13.9. The fourth-order valence-corrected chi connectivity index (χ4v) is 4.76. The van der Waals surface area contributed by atoms with E-state index in [0.29, 0.717) is 12.1 Å². The van der Waals surface area contributed by atoms with Crippen LogP contribution in [-0.2, 0) is 29.6 Å². The van der Waals surface area contributed by atoms with Gasteiger partial charge in [-0.15, -0.1) is 22.7 Å². The van der Waals surface area contributed by atoms with Crippen molar-refractivity contribution in [3.8, 4) is 0 Å². The summed E-state index contributed by atoms with van der Waals surface area (Å²) in [6, 6.07) is 5.46. The predicted octanol–water partition coefficient (Wildman–Crippen LogP) is 2.34. The quantitative estimate of drug-likeness (QED) is 0.859. The average molecular weight is 317 g/mol. The molecule has 0 saturated carbocycles. The van der Waals surface area contributed by atoms with Crippen LogP contribution in [0.5, 0.6) is 0 Å². The molecule has 0 aromatic carbocycles. The molecule has 0 aliphatic carbocycles. The van der Waals surface area contributed by atoms with Crippen molar-refractivity contribution in [3.05, 3.63) is 38.9 Å². The molecular formula is C12H15NO3S3. The van der Waals surface area contributed by atoms with Gasteiger partial charge in [0.1, 0.15) is 4.21 Å². The third-order valence-corrected chi connectivity index (χ3v) is 6.70. The second kappa shape index (κ2) is 6.15. The minimum atomic E-state index is -3.48. The Morgan fingerprint density at radius 1 is 1.32 bits per heavy atom. The van der Waals surface area contributed by atoms with Gasteiger partial charge in [0.15, 0.2) is 0 Å². The van der Waals surface area contributed by atoms with Crippen LogP contribution < -0.4 is 4.72 Å². The predicted molar refractivity (Wildman–Crippen MR) is 78.0 cm³/mol. The van der Waals surface area contributed by atoms with Gasteiger partial charge >= 0.3 is 0 Å². The number of hydrogen-bond acceptors (Lipinski definition) is 5. The maximum Gasteiger partial charge on any atom is 0.250 e. The Balaban J connectivity index is 2.05. The van der Waals surface area contributed by atoms with Crippen molar-refractivity contribution in [2.75, 3.05) is 0 Å². The number of sulfonamides is 1. The van der Waals surface area contributed by atoms with E-state index in [-0.39, 0.29) is 10.8 Å². The summed E-state index contributed by atoms with van der Waals surface area (Å²) >= 11 is 2.73. The van der Waals surface area contributed by atoms with Crippen LogP contribution >= 0.6 is 22.7 Å². The van der Waals surface area contributed by atoms with E-state index in [1.807, 2.05) is 12.1 Å². The lowest BCUT2D eigenvalue weighted by molar-refractivity contribution is 0.282. The van der Waals surface area contributed by atoms with Gasteiger partial charge in [-0.3, -0.25) is 0 Å². The summed E-state index contributed by atoms with van der Waals surface area (Å²) in [6.45, 7) is 2.23. The lowest BCUT2D eigenvalue weighted by Gasteiger charge is -2.02. The first-order valence-corrected chi connectivity index (χ1v) is 8.98. The van der Waals surface area contributed by atoms with Crippen LogP contribution in [0.2, 0.25) is 0 Å². The average Bonchev–Trinajstić information content (AvgIpc) is 3.05. The van der Waals surface area contributed by atoms with Gasteiger partial charge in [0.05, 0.1) is 6.61 Å². The number of rotatable bonds is 6. The summed E-state index contributed by atoms with van der Waals surface area (Å²) in [7, 11) is -3.48. The van der Waals surface area contributed by atoms with Gasteiger partial charge in [0.25, 0.3) is 0 Å². The number of aliphatic hydroxyl groups excluding tert-OH is 1. The van der Waals surface area contributed by atoms with Crippen LogP contribution in [-0.4, -0.2) is 13.5 Å². The molecule has 2 rings (SSSR count). The molecule has 104 valence electrons. The van der Waals surface area contributed by atoms with Crippen LogP contribution in [0.15, 0.2) is 27.8 Å². The van der Waals surface area contributed by atoms with Crippen LogP contribution in [0, 0.1) is 0 Å². The molecule has 0 spiro atoms. The van der Waals surface area contributed by atoms with Crippen molar-refractivity contribution in [2.45, 2.75) is 30.7 Å². The van der Waals surface area contributed by atoms with Crippen molar-refractivity contribution < 1.29 is 13.5 Å². The second-order valence-corrected chi connectivity index (χ2v) is 8.14. The molecule has 0 atom stereocenters. The first kappa shape index (κ1) is 14.7. The minimum Gasteiger partial charge on any atom is -0.392 e. The topological polar surface area (TPSA) is 66.4 Å². The highest BCUT2D eigenvalue weighted by atomic mass is 32.2. The summed E-state index contributed by atoms with van der Waals surface area (Å²) in [5.41, 5.74) is 0.620. The highest BCUT2D eigenvalue weighted by Gasteiger charge is 2.16. The van der Waals surface area contributed by atoms with E-state index in [2.05, 4.69) is 11.6 Å². The maximum atomic E-state index is 12.0. The van der Waals surface area contributed by atoms with Crippen molar-refractivity contribution in [1.29, 1.82) is 0 Å². The van der Waals surface area contributed by atoms with E-state index in [1.54, 1.807) is 16.7 Å². The van der Waals surface area contributed by atoms with E-state index in [0.717, 1.165) is 22.6 Å². The van der Waals surface area contributed by atoms with Crippen molar-refractivity contribution in [2.24, 2.45) is 0 Å². The van der Waals surface area contributed by atoms with E-state index < -0.39 is 10.0 Å². The molecule has 0 saturated heterocycles. The number of thiophene rings is 2. The summed E-state index contributed by atoms with van der Waals surface area (Å²) in [5.74, 6) is 0. The van der Waals surface area contributed by atoms with Gasteiger partial charge in [0, 0.05) is 16.3 Å². The van der Waals surface area contributed by atoms with Crippen molar-refractivity contribution >= 4 is 32.7 Å². The smallest absolute Gasteiger partial charge is 0.250 e. The van der Waals surface area contributed by atoms with Gasteiger partial charge in [-0.2, -0.15) is 0 Å². The Kier molecular flexibility index (Phi) is 4.75. The number of nitrogens with one attached hydrogen (secondary N) is 1. The summed E-state index contributed by atoms with van der Waals surface area (Å²) in [6.07, 6.45) is 0.961. The molecule has 0 radical (unpaired) electrons. The van der Waals surface area contributed by atoms with Gasteiger partial charge in [-0.1, -0.05) is 6.92 Å². The Morgan fingerprint density at radius 2 is 2.05 bits per heavy atom. The molecule has 0 amide bonds. The standard InChI is InChI=1S/C12H15NO3S3/c1-2-10-3-4-11(18-10)6-13-19(15,16)12-5-9(7-14)8-17-12/h3-5,8,13-14H,2,6-7H2,1H3. The third kappa shape index (κ3) is 3.64. The monoisotopic (exact) mass is 317 g/mol. The van der Waals surface area contributed by atoms with Gasteiger partial charge < -0.3 is 5.11 Å². The lowest BCUT2D eigenvalue weighted by Crippen LogP contribution is -2.21. The summed E-state index contributed by atoms with van der Waals surface area (Å²) in [5, 5.41) is 10.6. The molecular weight excluding hydrogens is 302 g/mol. The molecule has 4 nitrogen and oxygen atoms in total. The fraction of sp³-hybridized carbons (Fsp3) is 0.333. The zero-order valence-electron chi connectivity index (χ0n) is 10.4. The van der Waals surface area contributed by atoms with Crippen molar-refractivity contribution in [3.63, 3.8) is 0 Å². The normalized spacial score (nSPS) is 11.9. The zero-order valence-corrected chi connectivity index (χ0v) is 12.9. The second-order valence-electron chi connectivity index (χ2n) is 3.98. The number of aliphatic hydroxyl groups is 1. The number of hydrogen-bond donors (Lipinski definition) is 2. The van der Waals surface area contributed by atoms with E-state index >= 15 is 0 Å². The molecule has 0 fully saturated rings. The molecule has 19 heavy (non-hydrogen) atoms. The third-order valence-electron chi connectivity index (χ3n) is 2.58. The Morgan fingerprint density at radius 3 is 2.63 bits per heavy atom. The Labute approximate surface area is 120 Å².